The summed E-state index contributed by atoms with van der Waals surface area (Å²) in [6.07, 6.45) is 0. The molecule has 0 bridgehead atoms. The van der Waals surface area contributed by atoms with Crippen molar-refractivity contribution in [3.63, 3.8) is 0 Å². The maximum absolute atomic E-state index is 2.12. The van der Waals surface area contributed by atoms with Crippen LogP contribution in [0, 0.1) is 0 Å². The molecule has 0 aliphatic carbocycles. The van der Waals surface area contributed by atoms with Crippen molar-refractivity contribution in [2.45, 2.75) is 0 Å². The molecule has 0 saturated carbocycles. The molecule has 0 heterocycles. The van der Waals surface area contributed by atoms with Gasteiger partial charge in [-0.3, -0.25) is 0 Å². The first-order valence-corrected chi connectivity index (χ1v) is 1.79. The minimum absolute atomic E-state index is 0. The van der Waals surface area contributed by atoms with Gasteiger partial charge in [0.25, 0.3) is 0 Å². The molecule has 0 spiro atoms. The van der Waals surface area contributed by atoms with Crippen LogP contribution in [0.3, 0.4) is 0 Å². The zero-order chi connectivity index (χ0) is 4.50. The van der Waals surface area contributed by atoms with E-state index in [1.807, 2.05) is 0 Å². The van der Waals surface area contributed by atoms with Crippen molar-refractivity contribution in [3.05, 3.63) is 0 Å². The third kappa shape index (κ3) is 337. The molecule has 56 valence electrons. The zero-order valence-corrected chi connectivity index (χ0v) is 8.03. The van der Waals surface area contributed by atoms with Gasteiger partial charge in [0, 0.05) is 0 Å². The van der Waals surface area contributed by atoms with Crippen LogP contribution >= 0.6 is 24.8 Å². The highest BCUT2D eigenvalue weighted by Crippen LogP contribution is 1.73. The summed E-state index contributed by atoms with van der Waals surface area (Å²) in [5.74, 6) is 0. The zero-order valence-electron chi connectivity index (χ0n) is 5.64. The predicted octanol–water partition coefficient (Wildman–Crippen LogP) is -1.83. The van der Waals surface area contributed by atoms with Gasteiger partial charge in [-0.15, -0.1) is 24.8 Å². The van der Waals surface area contributed by atoms with Gasteiger partial charge in [0.2, 0.25) is 0 Å². The second kappa shape index (κ2) is 7.83. The van der Waals surface area contributed by atoms with Gasteiger partial charge in [-0.1, -0.05) is 0 Å². The summed E-state index contributed by atoms with van der Waals surface area (Å²) in [5, 5.41) is 0. The molecule has 0 fully saturated rings. The van der Waals surface area contributed by atoms with Gasteiger partial charge < -0.3 is 16.9 Å². The monoisotopic (exact) mass is 181 g/mol. The van der Waals surface area contributed by atoms with Gasteiger partial charge in [0.15, 0.2) is 0 Å². The van der Waals surface area contributed by atoms with Crippen LogP contribution in [0.15, 0.2) is 0 Å². The molecule has 0 aliphatic rings. The Morgan fingerprint density at radius 1 is 0.750 bits per heavy atom. The summed E-state index contributed by atoms with van der Waals surface area (Å²) in [4.78, 5) is 0. The number of quaternary nitrogens is 1. The molecule has 0 aliphatic heterocycles. The van der Waals surface area contributed by atoms with Crippen LogP contribution in [0.25, 0.3) is 0 Å². The average molecular weight is 183 g/mol. The fourth-order valence-corrected chi connectivity index (χ4v) is 0. The Labute approximate surface area is 70.3 Å². The largest absolute Gasteiger partial charge is 1.00 e. The summed E-state index contributed by atoms with van der Waals surface area (Å²) < 4.78 is 1.00. The lowest BCUT2D eigenvalue weighted by molar-refractivity contribution is -0.849. The van der Waals surface area contributed by atoms with Crippen molar-refractivity contribution < 1.29 is 16.9 Å². The van der Waals surface area contributed by atoms with Crippen molar-refractivity contribution in [2.75, 3.05) is 28.2 Å². The Balaban J connectivity index is -0.0000000267. The Bertz CT molecular complexity index is 26.8. The normalized spacial score (nSPS) is 7.50. The first-order valence-electron chi connectivity index (χ1n) is 1.79. The molecule has 0 amide bonds. The summed E-state index contributed by atoms with van der Waals surface area (Å²) in [7, 11) is 8.50. The standard InChI is InChI=1S/C4H12N.3ClH/c1-5(2,3)4;;;/h1-4H3;3*1H/q+1;;;/p-1. The summed E-state index contributed by atoms with van der Waals surface area (Å²) in [5.41, 5.74) is 0. The molecule has 0 unspecified atom stereocenters. The predicted molar refractivity (Wildman–Crippen MR) is 38.5 cm³/mol. The minimum Gasteiger partial charge on any atom is -1.00 e. The van der Waals surface area contributed by atoms with E-state index in [0.29, 0.717) is 0 Å². The van der Waals surface area contributed by atoms with E-state index in [1.54, 1.807) is 0 Å². The molecule has 4 heteroatoms. The van der Waals surface area contributed by atoms with Crippen molar-refractivity contribution in [3.8, 4) is 0 Å². The van der Waals surface area contributed by atoms with Crippen LogP contribution in [-0.4, -0.2) is 32.7 Å². The van der Waals surface area contributed by atoms with Crippen LogP contribution in [0.2, 0.25) is 0 Å². The SMILES string of the molecule is C[N+](C)(C)C.Cl.Cl.[Cl-]. The van der Waals surface area contributed by atoms with Crippen molar-refractivity contribution >= 4 is 24.8 Å². The first-order chi connectivity index (χ1) is 2.00. The van der Waals surface area contributed by atoms with Crippen LogP contribution in [0.5, 0.6) is 0 Å². The highest BCUT2D eigenvalue weighted by molar-refractivity contribution is 5.85. The lowest BCUT2D eigenvalue weighted by atomic mass is 10.8. The van der Waals surface area contributed by atoms with Gasteiger partial charge in [-0.25, -0.2) is 0 Å². The number of halogens is 3. The second-order valence-electron chi connectivity index (χ2n) is 2.68. The Kier molecular flexibility index (Phi) is 22.7. The van der Waals surface area contributed by atoms with E-state index in [0.717, 1.165) is 4.48 Å². The number of nitrogens with zero attached hydrogens (tertiary/aromatic N) is 1. The van der Waals surface area contributed by atoms with Gasteiger partial charge in [-0.2, -0.15) is 0 Å². The van der Waals surface area contributed by atoms with Crippen molar-refractivity contribution in [2.24, 2.45) is 0 Å². The maximum atomic E-state index is 2.12. The van der Waals surface area contributed by atoms with E-state index in [1.165, 1.54) is 0 Å². The fraction of sp³-hybridized carbons (Fsp3) is 1.00. The van der Waals surface area contributed by atoms with Gasteiger partial charge in [0.1, 0.15) is 0 Å². The lowest BCUT2D eigenvalue weighted by Gasteiger charge is -2.14. The van der Waals surface area contributed by atoms with Crippen molar-refractivity contribution in [1.29, 1.82) is 0 Å². The first kappa shape index (κ1) is 23.2. The lowest BCUT2D eigenvalue weighted by Crippen LogP contribution is -3.00. The smallest absolute Gasteiger partial charge is 0.0675 e. The molecule has 0 radical (unpaired) electrons. The van der Waals surface area contributed by atoms with Crippen LogP contribution in [0.4, 0.5) is 0 Å². The maximum Gasteiger partial charge on any atom is 0.0675 e. The summed E-state index contributed by atoms with van der Waals surface area (Å²) in [6, 6.07) is 0. The molecule has 0 saturated heterocycles. The van der Waals surface area contributed by atoms with Gasteiger partial charge in [0.05, 0.1) is 28.2 Å². The van der Waals surface area contributed by atoms with E-state index in [4.69, 9.17) is 0 Å². The molecular weight excluding hydrogens is 168 g/mol. The molecule has 0 N–H and O–H groups in total. The van der Waals surface area contributed by atoms with E-state index in [2.05, 4.69) is 28.2 Å². The van der Waals surface area contributed by atoms with E-state index in [-0.39, 0.29) is 37.2 Å². The Morgan fingerprint density at radius 3 is 0.750 bits per heavy atom. The minimum atomic E-state index is 0. The highest BCUT2D eigenvalue weighted by Gasteiger charge is 1.88. The van der Waals surface area contributed by atoms with Gasteiger partial charge in [-0.05, 0) is 0 Å². The molecule has 0 aromatic rings. The van der Waals surface area contributed by atoms with Crippen LogP contribution < -0.4 is 12.4 Å². The third-order valence-corrected chi connectivity index (χ3v) is 0. The molecule has 0 aromatic heterocycles. The molecular formula is C4H14Cl3N. The fourth-order valence-electron chi connectivity index (χ4n) is 0. The molecule has 0 atom stereocenters. The topological polar surface area (TPSA) is 0 Å². The average Bonchev–Trinajstić information content (AvgIpc) is 0.722. The van der Waals surface area contributed by atoms with Crippen LogP contribution in [0.1, 0.15) is 0 Å². The summed E-state index contributed by atoms with van der Waals surface area (Å²) >= 11 is 0. The number of rotatable bonds is 0. The number of hydrogen-bond donors (Lipinski definition) is 0. The quantitative estimate of drug-likeness (QED) is 0.387. The molecule has 1 nitrogen and oxygen atoms in total. The molecule has 8 heavy (non-hydrogen) atoms. The third-order valence-electron chi connectivity index (χ3n) is 0. The second-order valence-corrected chi connectivity index (χ2v) is 2.68. The van der Waals surface area contributed by atoms with E-state index >= 15 is 0 Å². The number of hydrogen-bond acceptors (Lipinski definition) is 0. The van der Waals surface area contributed by atoms with E-state index < -0.39 is 0 Å². The van der Waals surface area contributed by atoms with Crippen LogP contribution in [-0.2, 0) is 0 Å². The highest BCUT2D eigenvalue weighted by atomic mass is 35.5. The van der Waals surface area contributed by atoms with Crippen molar-refractivity contribution in [1.82, 2.24) is 0 Å². The Morgan fingerprint density at radius 2 is 0.750 bits per heavy atom. The molecule has 0 rings (SSSR count). The Hall–Kier alpha value is 0.830. The van der Waals surface area contributed by atoms with E-state index in [9.17, 15) is 0 Å². The molecule has 0 aromatic carbocycles. The summed E-state index contributed by atoms with van der Waals surface area (Å²) in [6.45, 7) is 0. The van der Waals surface area contributed by atoms with Gasteiger partial charge >= 0.3 is 0 Å².